The van der Waals surface area contributed by atoms with Gasteiger partial charge in [0.05, 0.1) is 18.1 Å². The molecule has 21 heavy (non-hydrogen) atoms. The van der Waals surface area contributed by atoms with Gasteiger partial charge in [0.15, 0.2) is 0 Å². The molecule has 6 heteroatoms. The van der Waals surface area contributed by atoms with Gasteiger partial charge < -0.3 is 20.8 Å². The molecule has 0 aromatic heterocycles. The molecule has 2 rings (SSSR count). The van der Waals surface area contributed by atoms with Crippen LogP contribution in [0.2, 0.25) is 0 Å². The van der Waals surface area contributed by atoms with Crippen molar-refractivity contribution < 1.29 is 19.8 Å². The van der Waals surface area contributed by atoms with Gasteiger partial charge in [0.25, 0.3) is 0 Å². The maximum absolute atomic E-state index is 11.9. The number of urea groups is 1. The number of hydrogen-bond acceptors (Lipinski definition) is 3. The van der Waals surface area contributed by atoms with Gasteiger partial charge in [0, 0.05) is 6.54 Å². The van der Waals surface area contributed by atoms with E-state index in [4.69, 9.17) is 0 Å². The van der Waals surface area contributed by atoms with Crippen molar-refractivity contribution in [3.05, 3.63) is 0 Å². The van der Waals surface area contributed by atoms with Crippen LogP contribution in [0.25, 0.3) is 0 Å². The van der Waals surface area contributed by atoms with E-state index >= 15 is 0 Å². The molecule has 2 fully saturated rings. The Hall–Kier alpha value is -1.30. The fourth-order valence-corrected chi connectivity index (χ4v) is 3.50. The number of carboxylic acid groups (broad SMARTS) is 1. The second-order valence-electron chi connectivity index (χ2n) is 6.30. The number of carboxylic acids is 1. The zero-order valence-corrected chi connectivity index (χ0v) is 12.4. The Bertz CT molecular complexity index is 375. The number of aliphatic carboxylic acids is 1. The Kier molecular flexibility index (Phi) is 5.85. The molecule has 4 unspecified atom stereocenters. The molecule has 4 atom stereocenters. The smallest absolute Gasteiger partial charge is 0.315 e. The standard InChI is InChI=1S/C15H26N2O4/c18-13-8-4-3-7-12(13)17-15(21)16-9-10-5-1-2-6-11(10)14(19)20/h10-13,18H,1-9H2,(H,19,20)(H2,16,17,21). The number of hydrogen-bond donors (Lipinski definition) is 4. The molecule has 0 saturated heterocycles. The molecule has 0 aromatic carbocycles. The van der Waals surface area contributed by atoms with Crippen LogP contribution < -0.4 is 10.6 Å². The third-order valence-electron chi connectivity index (χ3n) is 4.80. The van der Waals surface area contributed by atoms with Crippen molar-refractivity contribution in [2.45, 2.75) is 63.5 Å². The number of aliphatic hydroxyl groups excluding tert-OH is 1. The average molecular weight is 298 g/mol. The van der Waals surface area contributed by atoms with Crippen molar-refractivity contribution in [3.63, 3.8) is 0 Å². The third-order valence-corrected chi connectivity index (χ3v) is 4.80. The molecule has 4 N–H and O–H groups in total. The molecule has 0 heterocycles. The molecular formula is C15H26N2O4. The van der Waals surface area contributed by atoms with E-state index in [0.717, 1.165) is 44.9 Å². The Balaban J connectivity index is 1.76. The van der Waals surface area contributed by atoms with E-state index in [2.05, 4.69) is 10.6 Å². The maximum atomic E-state index is 11.9. The summed E-state index contributed by atoms with van der Waals surface area (Å²) in [6.07, 6.45) is 6.62. The summed E-state index contributed by atoms with van der Waals surface area (Å²) < 4.78 is 0. The Morgan fingerprint density at radius 2 is 1.67 bits per heavy atom. The van der Waals surface area contributed by atoms with Gasteiger partial charge in [-0.2, -0.15) is 0 Å². The van der Waals surface area contributed by atoms with Crippen molar-refractivity contribution in [1.82, 2.24) is 10.6 Å². The summed E-state index contributed by atoms with van der Waals surface area (Å²) in [4.78, 5) is 23.1. The van der Waals surface area contributed by atoms with Crippen LogP contribution in [0.4, 0.5) is 4.79 Å². The van der Waals surface area contributed by atoms with Crippen molar-refractivity contribution in [1.29, 1.82) is 0 Å². The predicted octanol–water partition coefficient (Wildman–Crippen LogP) is 1.48. The van der Waals surface area contributed by atoms with Crippen LogP contribution in [-0.2, 0) is 4.79 Å². The molecule has 0 aliphatic heterocycles. The van der Waals surface area contributed by atoms with Gasteiger partial charge in [-0.05, 0) is 31.6 Å². The van der Waals surface area contributed by atoms with E-state index in [1.54, 1.807) is 0 Å². The first-order valence-corrected chi connectivity index (χ1v) is 8.03. The highest BCUT2D eigenvalue weighted by molar-refractivity contribution is 5.74. The molecule has 2 saturated carbocycles. The third kappa shape index (κ3) is 4.59. The number of carbonyl (C=O) groups is 2. The minimum atomic E-state index is -0.760. The fraction of sp³-hybridized carbons (Fsp3) is 0.867. The summed E-state index contributed by atoms with van der Waals surface area (Å²) in [5.41, 5.74) is 0. The van der Waals surface area contributed by atoms with Crippen LogP contribution in [0.5, 0.6) is 0 Å². The summed E-state index contributed by atoms with van der Waals surface area (Å²) in [6, 6.07) is -0.476. The van der Waals surface area contributed by atoms with Gasteiger partial charge in [0.2, 0.25) is 0 Å². The van der Waals surface area contributed by atoms with Crippen LogP contribution in [0.3, 0.4) is 0 Å². The van der Waals surface area contributed by atoms with E-state index in [9.17, 15) is 19.8 Å². The quantitative estimate of drug-likeness (QED) is 0.632. The average Bonchev–Trinajstić information content (AvgIpc) is 2.48. The number of nitrogens with one attached hydrogen (secondary N) is 2. The summed E-state index contributed by atoms with van der Waals surface area (Å²) in [7, 11) is 0. The molecule has 0 bridgehead atoms. The monoisotopic (exact) mass is 298 g/mol. The Morgan fingerprint density at radius 1 is 1.00 bits per heavy atom. The van der Waals surface area contributed by atoms with Gasteiger partial charge in [0.1, 0.15) is 0 Å². The van der Waals surface area contributed by atoms with Gasteiger partial charge in [-0.15, -0.1) is 0 Å². The van der Waals surface area contributed by atoms with E-state index in [-0.39, 0.29) is 23.9 Å². The van der Waals surface area contributed by atoms with Crippen molar-refractivity contribution in [2.75, 3.05) is 6.54 Å². The SMILES string of the molecule is O=C(NCC1CCCCC1C(=O)O)NC1CCCCC1O. The summed E-state index contributed by atoms with van der Waals surface area (Å²) in [5, 5.41) is 24.6. The van der Waals surface area contributed by atoms with E-state index in [0.29, 0.717) is 13.0 Å². The van der Waals surface area contributed by atoms with Crippen molar-refractivity contribution in [3.8, 4) is 0 Å². The van der Waals surface area contributed by atoms with Crippen molar-refractivity contribution in [2.24, 2.45) is 11.8 Å². The first-order valence-electron chi connectivity index (χ1n) is 8.03. The van der Waals surface area contributed by atoms with Crippen molar-refractivity contribution >= 4 is 12.0 Å². The normalized spacial score (nSPS) is 33.2. The minimum absolute atomic E-state index is 0.0123. The van der Waals surface area contributed by atoms with Crippen LogP contribution in [-0.4, -0.2) is 40.9 Å². The number of carbonyl (C=O) groups excluding carboxylic acids is 1. The lowest BCUT2D eigenvalue weighted by molar-refractivity contribution is -0.144. The summed E-state index contributed by atoms with van der Waals surface area (Å²) in [6.45, 7) is 0.394. The van der Waals surface area contributed by atoms with Gasteiger partial charge in [-0.3, -0.25) is 4.79 Å². The number of rotatable bonds is 4. The molecule has 2 aliphatic carbocycles. The highest BCUT2D eigenvalue weighted by Gasteiger charge is 2.31. The molecule has 6 nitrogen and oxygen atoms in total. The van der Waals surface area contributed by atoms with E-state index in [1.807, 2.05) is 0 Å². The molecule has 2 aliphatic rings. The highest BCUT2D eigenvalue weighted by Crippen LogP contribution is 2.29. The van der Waals surface area contributed by atoms with Crippen LogP contribution >= 0.6 is 0 Å². The van der Waals surface area contributed by atoms with Crippen LogP contribution in [0.1, 0.15) is 51.4 Å². The topological polar surface area (TPSA) is 98.7 Å². The second-order valence-corrected chi connectivity index (χ2v) is 6.30. The molecule has 0 spiro atoms. The molecule has 2 amide bonds. The predicted molar refractivity (Wildman–Crippen MR) is 77.9 cm³/mol. The zero-order valence-electron chi connectivity index (χ0n) is 12.4. The van der Waals surface area contributed by atoms with E-state index < -0.39 is 12.1 Å². The second kappa shape index (κ2) is 7.64. The molecular weight excluding hydrogens is 272 g/mol. The lowest BCUT2D eigenvalue weighted by Gasteiger charge is -2.30. The van der Waals surface area contributed by atoms with E-state index in [1.165, 1.54) is 0 Å². The highest BCUT2D eigenvalue weighted by atomic mass is 16.4. The fourth-order valence-electron chi connectivity index (χ4n) is 3.50. The maximum Gasteiger partial charge on any atom is 0.315 e. The lowest BCUT2D eigenvalue weighted by Crippen LogP contribution is -2.50. The lowest BCUT2D eigenvalue weighted by atomic mass is 9.79. The summed E-state index contributed by atoms with van der Waals surface area (Å²) >= 11 is 0. The molecule has 120 valence electrons. The van der Waals surface area contributed by atoms with Gasteiger partial charge >= 0.3 is 12.0 Å². The van der Waals surface area contributed by atoms with Gasteiger partial charge in [-0.1, -0.05) is 25.7 Å². The molecule has 0 aromatic rings. The Morgan fingerprint density at radius 3 is 2.38 bits per heavy atom. The number of amides is 2. The first kappa shape index (κ1) is 16.1. The zero-order chi connectivity index (χ0) is 15.2. The molecule has 0 radical (unpaired) electrons. The largest absolute Gasteiger partial charge is 0.481 e. The van der Waals surface area contributed by atoms with Crippen LogP contribution in [0, 0.1) is 11.8 Å². The van der Waals surface area contributed by atoms with Crippen LogP contribution in [0.15, 0.2) is 0 Å². The van der Waals surface area contributed by atoms with Gasteiger partial charge in [-0.25, -0.2) is 4.79 Å². The first-order chi connectivity index (χ1) is 10.1. The number of aliphatic hydroxyl groups is 1. The Labute approximate surface area is 125 Å². The summed E-state index contributed by atoms with van der Waals surface area (Å²) in [5.74, 6) is -1.10. The minimum Gasteiger partial charge on any atom is -0.481 e.